The fourth-order valence-corrected chi connectivity index (χ4v) is 3.32. The Hall–Kier alpha value is -0.720. The monoisotopic (exact) mass is 289 g/mol. The topological polar surface area (TPSA) is 58.4 Å². The van der Waals surface area contributed by atoms with Crippen molar-refractivity contribution < 1.29 is 9.90 Å². The van der Waals surface area contributed by atoms with Crippen molar-refractivity contribution in [1.82, 2.24) is 14.5 Å². The summed E-state index contributed by atoms with van der Waals surface area (Å²) < 4.78 is 1.83. The third kappa shape index (κ3) is 3.18. The highest BCUT2D eigenvalue weighted by Gasteiger charge is 2.26. The summed E-state index contributed by atoms with van der Waals surface area (Å²) in [4.78, 5) is 17.3. The number of halogens is 1. The van der Waals surface area contributed by atoms with Crippen molar-refractivity contribution in [2.45, 2.75) is 19.0 Å². The molecule has 1 saturated heterocycles. The van der Waals surface area contributed by atoms with Crippen LogP contribution in [0.15, 0.2) is 6.20 Å². The number of hydrogen-bond donors (Lipinski definition) is 1. The minimum Gasteiger partial charge on any atom is -0.481 e. The fourth-order valence-electron chi connectivity index (χ4n) is 2.04. The van der Waals surface area contributed by atoms with Crippen molar-refractivity contribution in [3.05, 3.63) is 17.2 Å². The molecule has 18 heavy (non-hydrogen) atoms. The van der Waals surface area contributed by atoms with Crippen LogP contribution < -0.4 is 0 Å². The highest BCUT2D eigenvalue weighted by atomic mass is 35.5. The van der Waals surface area contributed by atoms with Crippen molar-refractivity contribution in [1.29, 1.82) is 0 Å². The molecular weight excluding hydrogens is 274 g/mol. The van der Waals surface area contributed by atoms with E-state index < -0.39 is 5.97 Å². The van der Waals surface area contributed by atoms with Crippen molar-refractivity contribution >= 4 is 29.3 Å². The molecule has 0 bridgehead atoms. The molecule has 1 aliphatic heterocycles. The van der Waals surface area contributed by atoms with Gasteiger partial charge in [-0.2, -0.15) is 11.8 Å². The molecule has 1 aromatic heterocycles. The van der Waals surface area contributed by atoms with Gasteiger partial charge >= 0.3 is 5.97 Å². The molecule has 0 saturated carbocycles. The van der Waals surface area contributed by atoms with Crippen molar-refractivity contribution in [2.24, 2.45) is 7.05 Å². The van der Waals surface area contributed by atoms with Gasteiger partial charge in [0.15, 0.2) is 0 Å². The summed E-state index contributed by atoms with van der Waals surface area (Å²) in [6.07, 6.45) is 1.81. The van der Waals surface area contributed by atoms with Gasteiger partial charge in [0.1, 0.15) is 11.0 Å². The maximum atomic E-state index is 10.9. The number of aromatic nitrogens is 2. The number of imidazole rings is 1. The smallest absolute Gasteiger partial charge is 0.304 e. The average Bonchev–Trinajstić information content (AvgIpc) is 2.63. The zero-order valence-corrected chi connectivity index (χ0v) is 11.7. The summed E-state index contributed by atoms with van der Waals surface area (Å²) in [7, 11) is 1.87. The van der Waals surface area contributed by atoms with E-state index in [1.54, 1.807) is 6.20 Å². The molecular formula is C11H16ClN3O2S. The Labute approximate surface area is 115 Å². The molecule has 0 radical (unpaired) electrons. The van der Waals surface area contributed by atoms with Crippen LogP contribution in [0, 0.1) is 0 Å². The molecule has 2 rings (SSSR count). The average molecular weight is 290 g/mol. The molecule has 5 nitrogen and oxygen atoms in total. The van der Waals surface area contributed by atoms with Crippen LogP contribution >= 0.6 is 23.4 Å². The third-order valence-corrected chi connectivity index (χ3v) is 4.57. The molecule has 0 spiro atoms. The number of rotatable bonds is 4. The Balaban J connectivity index is 2.05. The lowest BCUT2D eigenvalue weighted by Gasteiger charge is -2.34. The van der Waals surface area contributed by atoms with E-state index in [1.807, 2.05) is 23.4 Å². The van der Waals surface area contributed by atoms with Crippen LogP contribution in [0.3, 0.4) is 0 Å². The molecule has 1 N–H and O–H groups in total. The maximum Gasteiger partial charge on any atom is 0.304 e. The van der Waals surface area contributed by atoms with Crippen LogP contribution in [0.5, 0.6) is 0 Å². The van der Waals surface area contributed by atoms with Crippen molar-refractivity contribution in [3.63, 3.8) is 0 Å². The van der Waals surface area contributed by atoms with E-state index >= 15 is 0 Å². The van der Waals surface area contributed by atoms with Crippen LogP contribution in [0.25, 0.3) is 0 Å². The van der Waals surface area contributed by atoms with Gasteiger partial charge < -0.3 is 9.67 Å². The Kier molecular flexibility index (Phi) is 4.53. The number of carboxylic acid groups (broad SMARTS) is 1. The van der Waals surface area contributed by atoms with Gasteiger partial charge in [0.2, 0.25) is 0 Å². The van der Waals surface area contributed by atoms with E-state index in [2.05, 4.69) is 9.88 Å². The fraction of sp³-hybridized carbons (Fsp3) is 0.636. The Morgan fingerprint density at radius 2 is 2.50 bits per heavy atom. The minimum absolute atomic E-state index is 0.0803. The van der Waals surface area contributed by atoms with Crippen LogP contribution in [-0.4, -0.2) is 49.6 Å². The van der Waals surface area contributed by atoms with Crippen molar-refractivity contribution in [3.8, 4) is 0 Å². The van der Waals surface area contributed by atoms with Gasteiger partial charge in [-0.25, -0.2) is 4.98 Å². The molecule has 0 amide bonds. The molecule has 1 atom stereocenters. The molecule has 1 fully saturated rings. The zero-order chi connectivity index (χ0) is 13.1. The van der Waals surface area contributed by atoms with Gasteiger partial charge in [-0.05, 0) is 0 Å². The zero-order valence-electron chi connectivity index (χ0n) is 10.2. The molecule has 2 heterocycles. The van der Waals surface area contributed by atoms with E-state index in [1.165, 1.54) is 0 Å². The lowest BCUT2D eigenvalue weighted by atomic mass is 10.2. The Morgan fingerprint density at radius 3 is 3.11 bits per heavy atom. The molecule has 0 aromatic carbocycles. The second-order valence-electron chi connectivity index (χ2n) is 4.35. The lowest BCUT2D eigenvalue weighted by molar-refractivity contribution is -0.138. The minimum atomic E-state index is -0.745. The number of aliphatic carboxylic acids is 1. The van der Waals surface area contributed by atoms with E-state index in [0.717, 1.165) is 23.9 Å². The Bertz CT molecular complexity index is 438. The first-order valence-corrected chi connectivity index (χ1v) is 7.31. The van der Waals surface area contributed by atoms with Crippen LogP contribution in [0.2, 0.25) is 5.15 Å². The summed E-state index contributed by atoms with van der Waals surface area (Å²) in [6, 6.07) is 0.0803. The van der Waals surface area contributed by atoms with Crippen LogP contribution in [0.1, 0.15) is 12.2 Å². The quantitative estimate of drug-likeness (QED) is 0.909. The standard InChI is InChI=1S/C11H16ClN3O2S/c1-14-9(12)5-13-10(14)6-15-2-3-18-7-8(15)4-11(16)17/h5,8H,2-4,6-7H2,1H3,(H,16,17). The summed E-state index contributed by atoms with van der Waals surface area (Å²) in [5.41, 5.74) is 0. The summed E-state index contributed by atoms with van der Waals surface area (Å²) >= 11 is 7.76. The predicted octanol–water partition coefficient (Wildman–Crippen LogP) is 1.47. The maximum absolute atomic E-state index is 10.9. The molecule has 100 valence electrons. The lowest BCUT2D eigenvalue weighted by Crippen LogP contribution is -2.43. The molecule has 7 heteroatoms. The van der Waals surface area contributed by atoms with Crippen molar-refractivity contribution in [2.75, 3.05) is 18.1 Å². The van der Waals surface area contributed by atoms with E-state index in [-0.39, 0.29) is 12.5 Å². The first-order valence-electron chi connectivity index (χ1n) is 5.77. The third-order valence-electron chi connectivity index (χ3n) is 3.13. The Morgan fingerprint density at radius 1 is 1.72 bits per heavy atom. The van der Waals surface area contributed by atoms with Crippen LogP contribution in [0.4, 0.5) is 0 Å². The molecule has 1 aromatic rings. The van der Waals surface area contributed by atoms with Gasteiger partial charge in [0.05, 0.1) is 19.2 Å². The first kappa shape index (κ1) is 13.7. The van der Waals surface area contributed by atoms with Gasteiger partial charge in [-0.15, -0.1) is 0 Å². The number of carboxylic acids is 1. The number of hydrogen-bond acceptors (Lipinski definition) is 4. The molecule has 0 aliphatic carbocycles. The first-order chi connectivity index (χ1) is 8.58. The summed E-state index contributed by atoms with van der Waals surface area (Å²) in [5.74, 6) is 2.03. The molecule has 1 aliphatic rings. The highest BCUT2D eigenvalue weighted by molar-refractivity contribution is 7.99. The highest BCUT2D eigenvalue weighted by Crippen LogP contribution is 2.21. The number of thioether (sulfide) groups is 1. The summed E-state index contributed by atoms with van der Waals surface area (Å²) in [5, 5.41) is 9.53. The number of nitrogens with zero attached hydrogens (tertiary/aromatic N) is 3. The predicted molar refractivity (Wildman–Crippen MR) is 72.0 cm³/mol. The second-order valence-corrected chi connectivity index (χ2v) is 5.89. The normalized spacial score (nSPS) is 21.1. The van der Waals surface area contributed by atoms with Gasteiger partial charge in [-0.3, -0.25) is 9.69 Å². The molecule has 1 unspecified atom stereocenters. The second kappa shape index (κ2) is 5.95. The van der Waals surface area contributed by atoms with Gasteiger partial charge in [0.25, 0.3) is 0 Å². The van der Waals surface area contributed by atoms with E-state index in [4.69, 9.17) is 16.7 Å². The van der Waals surface area contributed by atoms with Gasteiger partial charge in [-0.1, -0.05) is 11.6 Å². The largest absolute Gasteiger partial charge is 0.481 e. The summed E-state index contributed by atoms with van der Waals surface area (Å²) in [6.45, 7) is 1.55. The van der Waals surface area contributed by atoms with Gasteiger partial charge in [0, 0.05) is 31.1 Å². The number of carbonyl (C=O) groups is 1. The van der Waals surface area contributed by atoms with E-state index in [0.29, 0.717) is 11.7 Å². The SMILES string of the molecule is Cn1c(Cl)cnc1CN1CCSCC1CC(=O)O. The van der Waals surface area contributed by atoms with E-state index in [9.17, 15) is 4.79 Å². The van der Waals surface area contributed by atoms with Crippen LogP contribution in [-0.2, 0) is 18.4 Å².